The van der Waals surface area contributed by atoms with Crippen LogP contribution < -0.4 is 10.1 Å². The maximum absolute atomic E-state index is 12.9. The van der Waals surface area contributed by atoms with Gasteiger partial charge in [0.25, 0.3) is 0 Å². The van der Waals surface area contributed by atoms with Crippen LogP contribution in [0.25, 0.3) is 0 Å². The van der Waals surface area contributed by atoms with E-state index in [0.29, 0.717) is 5.75 Å². The maximum Gasteiger partial charge on any atom is 0.416 e. The van der Waals surface area contributed by atoms with E-state index in [1.165, 1.54) is 24.1 Å². The van der Waals surface area contributed by atoms with Crippen molar-refractivity contribution >= 4 is 17.5 Å². The third kappa shape index (κ3) is 5.05. The van der Waals surface area contributed by atoms with Crippen molar-refractivity contribution < 1.29 is 32.2 Å². The first-order valence-electron chi connectivity index (χ1n) is 8.76. The predicted molar refractivity (Wildman–Crippen MR) is 98.2 cm³/mol. The largest absolute Gasteiger partial charge is 0.497 e. The van der Waals surface area contributed by atoms with Crippen LogP contribution in [0.15, 0.2) is 48.5 Å². The maximum atomic E-state index is 12.9. The van der Waals surface area contributed by atoms with Gasteiger partial charge in [-0.1, -0.05) is 18.2 Å². The summed E-state index contributed by atoms with van der Waals surface area (Å²) in [6.45, 7) is -0.0525. The van der Waals surface area contributed by atoms with Crippen LogP contribution >= 0.6 is 0 Å². The Balaban J connectivity index is 1.75. The van der Waals surface area contributed by atoms with Crippen molar-refractivity contribution in [3.05, 3.63) is 59.7 Å². The number of nitrogens with one attached hydrogen (secondary N) is 1. The highest BCUT2D eigenvalue weighted by Gasteiger charge is 2.35. The summed E-state index contributed by atoms with van der Waals surface area (Å²) < 4.78 is 48.9. The topological polar surface area (TPSA) is 67.9 Å². The Morgan fingerprint density at radius 3 is 2.62 bits per heavy atom. The molecule has 2 aromatic carbocycles. The third-order valence-corrected chi connectivity index (χ3v) is 4.47. The number of alkyl halides is 3. The zero-order valence-electron chi connectivity index (χ0n) is 15.5. The molecule has 1 fully saturated rings. The Bertz CT molecular complexity index is 884. The number of nitrogens with zero attached hydrogens (tertiary/aromatic N) is 1. The molecule has 0 radical (unpaired) electrons. The highest BCUT2D eigenvalue weighted by Crippen LogP contribution is 2.30. The van der Waals surface area contributed by atoms with E-state index in [1.54, 1.807) is 24.3 Å². The van der Waals surface area contributed by atoms with E-state index in [9.17, 15) is 22.8 Å². The smallest absolute Gasteiger partial charge is 0.416 e. The fraction of sp³-hybridized carbons (Fsp3) is 0.300. The number of anilines is 1. The molecule has 2 aromatic rings. The van der Waals surface area contributed by atoms with Crippen LogP contribution in [0, 0.1) is 0 Å². The van der Waals surface area contributed by atoms with Gasteiger partial charge in [0.15, 0.2) is 0 Å². The number of carbonyl (C=O) groups is 2. The monoisotopic (exact) mass is 408 g/mol. The van der Waals surface area contributed by atoms with Gasteiger partial charge < -0.3 is 19.7 Å². The molecule has 1 heterocycles. The van der Waals surface area contributed by atoms with Crippen molar-refractivity contribution in [2.45, 2.75) is 18.8 Å². The van der Waals surface area contributed by atoms with E-state index in [2.05, 4.69) is 5.32 Å². The molecule has 154 valence electrons. The summed E-state index contributed by atoms with van der Waals surface area (Å²) in [5.74, 6) is -0.344. The first-order chi connectivity index (χ1) is 13.8. The number of hydrogen-bond acceptors (Lipinski definition) is 4. The summed E-state index contributed by atoms with van der Waals surface area (Å²) in [4.78, 5) is 26.4. The van der Waals surface area contributed by atoms with Gasteiger partial charge in [0, 0.05) is 12.2 Å². The van der Waals surface area contributed by atoms with Crippen LogP contribution in [0.2, 0.25) is 0 Å². The van der Waals surface area contributed by atoms with Crippen molar-refractivity contribution in [2.24, 2.45) is 0 Å². The number of carbonyl (C=O) groups excluding carboxylic acids is 2. The van der Waals surface area contributed by atoms with Gasteiger partial charge in [-0.05, 0) is 35.9 Å². The number of halogens is 3. The van der Waals surface area contributed by atoms with Crippen molar-refractivity contribution in [1.82, 2.24) is 4.90 Å². The second-order valence-corrected chi connectivity index (χ2v) is 6.47. The van der Waals surface area contributed by atoms with Crippen LogP contribution in [-0.2, 0) is 27.0 Å². The zero-order chi connectivity index (χ0) is 21.0. The molecule has 0 aliphatic carbocycles. The third-order valence-electron chi connectivity index (χ3n) is 4.47. The van der Waals surface area contributed by atoms with Crippen LogP contribution in [-0.4, -0.2) is 43.1 Å². The van der Waals surface area contributed by atoms with E-state index in [1.807, 2.05) is 0 Å². The Morgan fingerprint density at radius 2 is 1.97 bits per heavy atom. The molecule has 2 amide bonds. The van der Waals surface area contributed by atoms with Gasteiger partial charge in [-0.2, -0.15) is 13.2 Å². The minimum Gasteiger partial charge on any atom is -0.497 e. The summed E-state index contributed by atoms with van der Waals surface area (Å²) in [6, 6.07) is 10.4. The first kappa shape index (κ1) is 20.7. The second-order valence-electron chi connectivity index (χ2n) is 6.47. The molecule has 1 aliphatic heterocycles. The average Bonchev–Trinajstić information content (AvgIpc) is 2.69. The number of ether oxygens (including phenoxy) is 2. The Morgan fingerprint density at radius 1 is 1.24 bits per heavy atom. The highest BCUT2D eigenvalue weighted by atomic mass is 19.4. The molecule has 9 heteroatoms. The molecule has 1 saturated heterocycles. The lowest BCUT2D eigenvalue weighted by molar-refractivity contribution is -0.154. The lowest BCUT2D eigenvalue weighted by Crippen LogP contribution is -2.54. The predicted octanol–water partition coefficient (Wildman–Crippen LogP) is 3.08. The molecular weight excluding hydrogens is 389 g/mol. The van der Waals surface area contributed by atoms with Crippen molar-refractivity contribution in [3.63, 3.8) is 0 Å². The van der Waals surface area contributed by atoms with Gasteiger partial charge in [-0.3, -0.25) is 9.59 Å². The molecule has 6 nitrogen and oxygen atoms in total. The number of methoxy groups -OCH3 is 1. The molecule has 0 saturated carbocycles. The van der Waals surface area contributed by atoms with Gasteiger partial charge >= 0.3 is 6.18 Å². The molecule has 0 aromatic heterocycles. The SMILES string of the molecule is COc1ccc(CN2C(=O)COC[C@H]2C(=O)Nc2cccc(C(F)(F)F)c2)cc1. The fourth-order valence-electron chi connectivity index (χ4n) is 2.95. The molecule has 0 unspecified atom stereocenters. The van der Waals surface area contributed by atoms with Crippen LogP contribution in [0.5, 0.6) is 5.75 Å². The zero-order valence-corrected chi connectivity index (χ0v) is 15.5. The number of rotatable bonds is 5. The number of hydrogen-bond donors (Lipinski definition) is 1. The normalized spacial score (nSPS) is 17.2. The number of benzene rings is 2. The Kier molecular flexibility index (Phi) is 6.07. The molecule has 0 spiro atoms. The summed E-state index contributed by atoms with van der Waals surface area (Å²) in [7, 11) is 1.54. The van der Waals surface area contributed by atoms with Gasteiger partial charge in [0.1, 0.15) is 18.4 Å². The Hall–Kier alpha value is -3.07. The summed E-state index contributed by atoms with van der Waals surface area (Å²) >= 11 is 0. The minimum absolute atomic E-state index is 0.00718. The van der Waals surface area contributed by atoms with E-state index in [-0.39, 0.29) is 31.4 Å². The van der Waals surface area contributed by atoms with Crippen molar-refractivity contribution in [2.75, 3.05) is 25.6 Å². The van der Waals surface area contributed by atoms with Gasteiger partial charge in [-0.25, -0.2) is 0 Å². The van der Waals surface area contributed by atoms with Crippen LogP contribution in [0.3, 0.4) is 0 Å². The molecular formula is C20H19F3N2O4. The number of morpholine rings is 1. The highest BCUT2D eigenvalue weighted by molar-refractivity contribution is 5.98. The summed E-state index contributed by atoms with van der Waals surface area (Å²) in [5, 5.41) is 2.45. The van der Waals surface area contributed by atoms with Crippen LogP contribution in [0.1, 0.15) is 11.1 Å². The second kappa shape index (κ2) is 8.52. The molecule has 1 atom stereocenters. The molecule has 1 N–H and O–H groups in total. The van der Waals surface area contributed by atoms with E-state index in [4.69, 9.17) is 9.47 Å². The summed E-state index contributed by atoms with van der Waals surface area (Å²) in [6.07, 6.45) is -4.52. The fourth-order valence-corrected chi connectivity index (χ4v) is 2.95. The average molecular weight is 408 g/mol. The summed E-state index contributed by atoms with van der Waals surface area (Å²) in [5.41, 5.74) is -0.105. The lowest BCUT2D eigenvalue weighted by Gasteiger charge is -2.34. The molecule has 29 heavy (non-hydrogen) atoms. The van der Waals surface area contributed by atoms with Crippen molar-refractivity contribution in [1.29, 1.82) is 0 Å². The van der Waals surface area contributed by atoms with Crippen molar-refractivity contribution in [3.8, 4) is 5.75 Å². The van der Waals surface area contributed by atoms with Gasteiger partial charge in [-0.15, -0.1) is 0 Å². The van der Waals surface area contributed by atoms with Crippen LogP contribution in [0.4, 0.5) is 18.9 Å². The molecule has 3 rings (SSSR count). The van der Waals surface area contributed by atoms with Gasteiger partial charge in [0.2, 0.25) is 11.8 Å². The molecule has 1 aliphatic rings. The minimum atomic E-state index is -4.52. The quantitative estimate of drug-likeness (QED) is 0.826. The lowest BCUT2D eigenvalue weighted by atomic mass is 10.1. The molecule has 0 bridgehead atoms. The van der Waals surface area contributed by atoms with E-state index in [0.717, 1.165) is 17.7 Å². The van der Waals surface area contributed by atoms with E-state index < -0.39 is 23.7 Å². The van der Waals surface area contributed by atoms with E-state index >= 15 is 0 Å². The first-order valence-corrected chi connectivity index (χ1v) is 8.76. The van der Waals surface area contributed by atoms with Gasteiger partial charge in [0.05, 0.1) is 19.3 Å². The standard InChI is InChI=1S/C20H19F3N2O4/c1-28-16-7-5-13(6-8-16)10-25-17(11-29-12-18(25)26)19(27)24-15-4-2-3-14(9-15)20(21,22)23/h2-9,17H,10-12H2,1H3,(H,24,27)/t17-/m0/s1. The number of amides is 2. The Labute approximate surface area is 165 Å².